The molecule has 0 spiro atoms. The van der Waals surface area contributed by atoms with E-state index in [1.807, 2.05) is 6.07 Å². The van der Waals surface area contributed by atoms with Crippen molar-refractivity contribution in [3.05, 3.63) is 29.8 Å². The van der Waals surface area contributed by atoms with Gasteiger partial charge in [-0.05, 0) is 43.4 Å². The van der Waals surface area contributed by atoms with Crippen LogP contribution < -0.4 is 10.1 Å². The van der Waals surface area contributed by atoms with E-state index in [1.54, 1.807) is 36.0 Å². The molecule has 1 heterocycles. The standard InChI is InChI=1S/C16H18N2O4S/c1-11(22-13-5-3-2-4-12(13)10-17)14(19)18-16(15(20)21)6-8-23-9-7-16/h2-5,11H,6-9H2,1H3,(H,18,19)(H,20,21). The second-order valence-electron chi connectivity index (χ2n) is 5.36. The maximum atomic E-state index is 12.3. The molecule has 0 aliphatic carbocycles. The average Bonchev–Trinajstić information content (AvgIpc) is 2.56. The number of amides is 1. The minimum Gasteiger partial charge on any atom is -0.480 e. The fourth-order valence-electron chi connectivity index (χ4n) is 2.36. The summed E-state index contributed by atoms with van der Waals surface area (Å²) in [4.78, 5) is 23.9. The van der Waals surface area contributed by atoms with Crippen molar-refractivity contribution < 1.29 is 19.4 Å². The van der Waals surface area contributed by atoms with E-state index in [0.29, 0.717) is 35.7 Å². The highest BCUT2D eigenvalue weighted by atomic mass is 32.2. The Bertz CT molecular complexity index is 635. The van der Waals surface area contributed by atoms with Crippen molar-refractivity contribution in [1.82, 2.24) is 5.32 Å². The van der Waals surface area contributed by atoms with Gasteiger partial charge in [-0.1, -0.05) is 12.1 Å². The smallest absolute Gasteiger partial charge is 0.329 e. The first-order chi connectivity index (χ1) is 11.0. The van der Waals surface area contributed by atoms with Gasteiger partial charge < -0.3 is 15.2 Å². The van der Waals surface area contributed by atoms with Gasteiger partial charge in [0.2, 0.25) is 0 Å². The summed E-state index contributed by atoms with van der Waals surface area (Å²) < 4.78 is 5.53. The second-order valence-corrected chi connectivity index (χ2v) is 6.58. The summed E-state index contributed by atoms with van der Waals surface area (Å²) in [5.74, 6) is 0.182. The van der Waals surface area contributed by atoms with E-state index in [-0.39, 0.29) is 0 Å². The van der Waals surface area contributed by atoms with Crippen molar-refractivity contribution in [2.45, 2.75) is 31.4 Å². The van der Waals surface area contributed by atoms with Gasteiger partial charge in [-0.3, -0.25) is 4.79 Å². The molecule has 1 aromatic carbocycles. The van der Waals surface area contributed by atoms with Crippen molar-refractivity contribution in [1.29, 1.82) is 5.26 Å². The summed E-state index contributed by atoms with van der Waals surface area (Å²) in [6.07, 6.45) is -0.115. The number of hydrogen-bond acceptors (Lipinski definition) is 5. The van der Waals surface area contributed by atoms with Crippen molar-refractivity contribution in [2.24, 2.45) is 0 Å². The second kappa shape index (κ2) is 7.38. The van der Waals surface area contributed by atoms with Crippen LogP contribution in [0.15, 0.2) is 24.3 Å². The number of benzene rings is 1. The Morgan fingerprint density at radius 3 is 2.65 bits per heavy atom. The molecule has 1 saturated heterocycles. The van der Waals surface area contributed by atoms with Crippen LogP contribution in [0, 0.1) is 11.3 Å². The van der Waals surface area contributed by atoms with Gasteiger partial charge >= 0.3 is 5.97 Å². The Morgan fingerprint density at radius 1 is 1.39 bits per heavy atom. The molecule has 2 rings (SSSR count). The third kappa shape index (κ3) is 3.96. The van der Waals surface area contributed by atoms with Crippen molar-refractivity contribution in [2.75, 3.05) is 11.5 Å². The van der Waals surface area contributed by atoms with Gasteiger partial charge in [-0.2, -0.15) is 17.0 Å². The number of nitriles is 1. The van der Waals surface area contributed by atoms with E-state index in [4.69, 9.17) is 10.00 Å². The number of carboxylic acid groups (broad SMARTS) is 1. The summed E-state index contributed by atoms with van der Waals surface area (Å²) in [7, 11) is 0. The number of carbonyl (C=O) groups is 2. The molecule has 7 heteroatoms. The molecule has 1 aliphatic heterocycles. The quantitative estimate of drug-likeness (QED) is 0.852. The molecule has 2 N–H and O–H groups in total. The summed E-state index contributed by atoms with van der Waals surface area (Å²) in [5.41, 5.74) is -0.900. The Balaban J connectivity index is 2.07. The molecule has 0 saturated carbocycles. The minimum absolute atomic E-state index is 0.307. The van der Waals surface area contributed by atoms with Crippen LogP contribution in [-0.2, 0) is 9.59 Å². The van der Waals surface area contributed by atoms with Crippen molar-refractivity contribution in [3.8, 4) is 11.8 Å². The van der Waals surface area contributed by atoms with Gasteiger partial charge in [0.1, 0.15) is 17.4 Å². The summed E-state index contributed by atoms with van der Waals surface area (Å²) in [5, 5.41) is 21.1. The van der Waals surface area contributed by atoms with Crippen LogP contribution in [0.3, 0.4) is 0 Å². The largest absolute Gasteiger partial charge is 0.480 e. The molecule has 23 heavy (non-hydrogen) atoms. The molecule has 1 fully saturated rings. The Kier molecular flexibility index (Phi) is 5.50. The van der Waals surface area contributed by atoms with Crippen LogP contribution in [-0.4, -0.2) is 40.1 Å². The van der Waals surface area contributed by atoms with Crippen LogP contribution in [0.4, 0.5) is 0 Å². The van der Waals surface area contributed by atoms with Gasteiger partial charge in [-0.15, -0.1) is 0 Å². The number of para-hydroxylation sites is 1. The Hall–Kier alpha value is -2.20. The molecular weight excluding hydrogens is 316 g/mol. The van der Waals surface area contributed by atoms with Gasteiger partial charge in [0, 0.05) is 0 Å². The Labute approximate surface area is 138 Å². The Morgan fingerprint density at radius 2 is 2.04 bits per heavy atom. The van der Waals surface area contributed by atoms with E-state index < -0.39 is 23.5 Å². The zero-order valence-corrected chi connectivity index (χ0v) is 13.6. The number of ether oxygens (including phenoxy) is 1. The van der Waals surface area contributed by atoms with Crippen LogP contribution >= 0.6 is 11.8 Å². The lowest BCUT2D eigenvalue weighted by Gasteiger charge is -2.34. The third-order valence-electron chi connectivity index (χ3n) is 3.80. The third-order valence-corrected chi connectivity index (χ3v) is 4.78. The lowest BCUT2D eigenvalue weighted by Crippen LogP contribution is -2.58. The van der Waals surface area contributed by atoms with Gasteiger partial charge in [0.15, 0.2) is 6.10 Å². The lowest BCUT2D eigenvalue weighted by molar-refractivity contribution is -0.149. The molecule has 1 unspecified atom stereocenters. The molecule has 1 atom stereocenters. The zero-order chi connectivity index (χ0) is 16.9. The van der Waals surface area contributed by atoms with Crippen LogP contribution in [0.2, 0.25) is 0 Å². The SMILES string of the molecule is CC(Oc1ccccc1C#N)C(=O)NC1(C(=O)O)CCSCC1. The summed E-state index contributed by atoms with van der Waals surface area (Å²) >= 11 is 1.68. The number of hydrogen-bond donors (Lipinski definition) is 2. The fourth-order valence-corrected chi connectivity index (χ4v) is 3.55. The monoisotopic (exact) mass is 334 g/mol. The van der Waals surface area contributed by atoms with Gasteiger partial charge in [-0.25, -0.2) is 4.79 Å². The number of thioether (sulfide) groups is 1. The van der Waals surface area contributed by atoms with Crippen LogP contribution in [0.5, 0.6) is 5.75 Å². The van der Waals surface area contributed by atoms with E-state index in [0.717, 1.165) is 0 Å². The topological polar surface area (TPSA) is 99.4 Å². The molecule has 6 nitrogen and oxygen atoms in total. The summed E-state index contributed by atoms with van der Waals surface area (Å²) in [6, 6.07) is 8.60. The average molecular weight is 334 g/mol. The number of carbonyl (C=O) groups excluding carboxylic acids is 1. The maximum absolute atomic E-state index is 12.3. The molecule has 1 amide bonds. The molecule has 0 bridgehead atoms. The minimum atomic E-state index is -1.23. The van der Waals surface area contributed by atoms with E-state index in [1.165, 1.54) is 6.92 Å². The lowest BCUT2D eigenvalue weighted by atomic mass is 9.92. The van der Waals surface area contributed by atoms with E-state index >= 15 is 0 Å². The number of rotatable bonds is 5. The number of aliphatic carboxylic acids is 1. The normalized spacial score (nSPS) is 17.6. The molecular formula is C16H18N2O4S. The van der Waals surface area contributed by atoms with Crippen molar-refractivity contribution >= 4 is 23.6 Å². The van der Waals surface area contributed by atoms with E-state index in [2.05, 4.69) is 5.32 Å². The molecule has 0 radical (unpaired) electrons. The fraction of sp³-hybridized carbons (Fsp3) is 0.438. The van der Waals surface area contributed by atoms with Crippen molar-refractivity contribution in [3.63, 3.8) is 0 Å². The number of carboxylic acids is 1. The molecule has 1 aromatic rings. The molecule has 122 valence electrons. The van der Waals surface area contributed by atoms with E-state index in [9.17, 15) is 14.7 Å². The maximum Gasteiger partial charge on any atom is 0.329 e. The highest BCUT2D eigenvalue weighted by molar-refractivity contribution is 7.99. The zero-order valence-electron chi connectivity index (χ0n) is 12.7. The predicted octanol–water partition coefficient (Wildman–Crippen LogP) is 1.79. The summed E-state index contributed by atoms with van der Waals surface area (Å²) in [6.45, 7) is 1.54. The number of nitrogens with one attached hydrogen (secondary N) is 1. The highest BCUT2D eigenvalue weighted by Crippen LogP contribution is 2.28. The first-order valence-electron chi connectivity index (χ1n) is 7.27. The molecule has 1 aliphatic rings. The predicted molar refractivity (Wildman–Crippen MR) is 86.3 cm³/mol. The first kappa shape index (κ1) is 17.2. The molecule has 0 aromatic heterocycles. The number of nitrogens with zero attached hydrogens (tertiary/aromatic N) is 1. The highest BCUT2D eigenvalue weighted by Gasteiger charge is 2.42. The first-order valence-corrected chi connectivity index (χ1v) is 8.43. The van der Waals surface area contributed by atoms with Gasteiger partial charge in [0.25, 0.3) is 5.91 Å². The van der Waals surface area contributed by atoms with Gasteiger partial charge in [0.05, 0.1) is 5.56 Å². The van der Waals surface area contributed by atoms with Crippen LogP contribution in [0.1, 0.15) is 25.3 Å². The van der Waals surface area contributed by atoms with Crippen LogP contribution in [0.25, 0.3) is 0 Å².